The van der Waals surface area contributed by atoms with Gasteiger partial charge in [0.25, 0.3) is 11.1 Å². The van der Waals surface area contributed by atoms with Crippen molar-refractivity contribution in [1.82, 2.24) is 15.3 Å². The topological polar surface area (TPSA) is 72.0 Å². The SMILES string of the molecule is O=C1NC(=O)/C(=C/c2ccnc(CC3CCC(CCCCc4ccccc4)CC3)n2)S1. The summed E-state index contributed by atoms with van der Waals surface area (Å²) in [5, 5.41) is 1.94. The molecule has 0 bridgehead atoms. The molecule has 0 spiro atoms. The number of amides is 2. The molecule has 1 aliphatic carbocycles. The van der Waals surface area contributed by atoms with Crippen molar-refractivity contribution >= 4 is 29.0 Å². The number of hydrogen-bond acceptors (Lipinski definition) is 5. The van der Waals surface area contributed by atoms with Gasteiger partial charge in [0.15, 0.2) is 0 Å². The summed E-state index contributed by atoms with van der Waals surface area (Å²) in [6, 6.07) is 12.5. The molecule has 1 aromatic heterocycles. The highest BCUT2D eigenvalue weighted by Gasteiger charge is 2.25. The van der Waals surface area contributed by atoms with Gasteiger partial charge in [0, 0.05) is 12.6 Å². The first-order valence-corrected chi connectivity index (χ1v) is 12.1. The largest absolute Gasteiger partial charge is 0.290 e. The molecular weight excluding hydrogens is 406 g/mol. The van der Waals surface area contributed by atoms with E-state index < -0.39 is 0 Å². The summed E-state index contributed by atoms with van der Waals surface area (Å²) >= 11 is 0.918. The van der Waals surface area contributed by atoms with Gasteiger partial charge in [0.1, 0.15) is 5.82 Å². The molecule has 6 heteroatoms. The first kappa shape index (κ1) is 21.8. The second kappa shape index (κ2) is 10.7. The lowest BCUT2D eigenvalue weighted by atomic mass is 9.78. The molecule has 1 saturated carbocycles. The Hall–Kier alpha value is -2.47. The van der Waals surface area contributed by atoms with Crippen molar-refractivity contribution in [3.05, 3.63) is 64.6 Å². The third kappa shape index (κ3) is 6.50. The molecule has 2 fully saturated rings. The van der Waals surface area contributed by atoms with Gasteiger partial charge in [-0.15, -0.1) is 0 Å². The maximum atomic E-state index is 11.7. The fourth-order valence-corrected chi connectivity index (χ4v) is 5.21. The number of carbonyl (C=O) groups excluding carboxylic acids is 2. The Kier molecular flexibility index (Phi) is 7.52. The molecule has 2 aliphatic rings. The summed E-state index contributed by atoms with van der Waals surface area (Å²) in [4.78, 5) is 32.5. The van der Waals surface area contributed by atoms with Crippen LogP contribution in [0.3, 0.4) is 0 Å². The van der Waals surface area contributed by atoms with E-state index in [1.165, 1.54) is 56.9 Å². The molecule has 1 saturated heterocycles. The Morgan fingerprint density at radius 2 is 1.77 bits per heavy atom. The van der Waals surface area contributed by atoms with Crippen molar-refractivity contribution < 1.29 is 9.59 Å². The van der Waals surface area contributed by atoms with Crippen LogP contribution >= 0.6 is 11.8 Å². The van der Waals surface area contributed by atoms with Gasteiger partial charge in [0.05, 0.1) is 10.6 Å². The van der Waals surface area contributed by atoms with Crippen molar-refractivity contribution in [3.8, 4) is 0 Å². The van der Waals surface area contributed by atoms with Crippen LogP contribution in [0.5, 0.6) is 0 Å². The Balaban J connectivity index is 1.20. The van der Waals surface area contributed by atoms with Gasteiger partial charge in [-0.1, -0.05) is 56.0 Å². The first-order valence-electron chi connectivity index (χ1n) is 11.3. The average molecular weight is 436 g/mol. The minimum absolute atomic E-state index is 0.331. The first-order chi connectivity index (χ1) is 15.2. The highest BCUT2D eigenvalue weighted by atomic mass is 32.2. The molecule has 31 heavy (non-hydrogen) atoms. The zero-order valence-electron chi connectivity index (χ0n) is 17.8. The van der Waals surface area contributed by atoms with Crippen molar-refractivity contribution in [2.75, 3.05) is 0 Å². The molecule has 0 radical (unpaired) electrons. The number of carbonyl (C=O) groups is 2. The molecule has 2 aromatic rings. The van der Waals surface area contributed by atoms with E-state index in [1.807, 2.05) is 0 Å². The third-order valence-electron chi connectivity index (χ3n) is 6.26. The lowest BCUT2D eigenvalue weighted by Gasteiger charge is -2.28. The highest BCUT2D eigenvalue weighted by molar-refractivity contribution is 8.18. The third-order valence-corrected chi connectivity index (χ3v) is 7.07. The molecule has 1 aliphatic heterocycles. The Morgan fingerprint density at radius 3 is 2.52 bits per heavy atom. The normalized spacial score (nSPS) is 22.6. The van der Waals surface area contributed by atoms with Crippen molar-refractivity contribution in [3.63, 3.8) is 0 Å². The number of aromatic nitrogens is 2. The molecule has 5 nitrogen and oxygen atoms in total. The van der Waals surface area contributed by atoms with Crippen LogP contribution in [0.2, 0.25) is 0 Å². The predicted octanol–water partition coefficient (Wildman–Crippen LogP) is 5.56. The number of nitrogens with zero attached hydrogens (tertiary/aromatic N) is 2. The number of benzene rings is 1. The van der Waals surface area contributed by atoms with Gasteiger partial charge in [-0.05, 0) is 67.0 Å². The smallest absolute Gasteiger partial charge is 0.282 e. The molecule has 4 rings (SSSR count). The molecule has 1 aromatic carbocycles. The molecule has 2 heterocycles. The van der Waals surface area contributed by atoms with E-state index in [9.17, 15) is 9.59 Å². The van der Waals surface area contributed by atoms with Gasteiger partial charge < -0.3 is 0 Å². The zero-order valence-corrected chi connectivity index (χ0v) is 18.6. The lowest BCUT2D eigenvalue weighted by molar-refractivity contribution is -0.115. The van der Waals surface area contributed by atoms with Crippen LogP contribution in [0.15, 0.2) is 47.5 Å². The average Bonchev–Trinajstić information content (AvgIpc) is 3.10. The van der Waals surface area contributed by atoms with Crippen LogP contribution in [0, 0.1) is 11.8 Å². The van der Waals surface area contributed by atoms with Gasteiger partial charge >= 0.3 is 0 Å². The van der Waals surface area contributed by atoms with E-state index in [0.29, 0.717) is 16.5 Å². The summed E-state index contributed by atoms with van der Waals surface area (Å²) in [6.45, 7) is 0. The summed E-state index contributed by atoms with van der Waals surface area (Å²) in [5.41, 5.74) is 2.13. The summed E-state index contributed by atoms with van der Waals surface area (Å²) in [6.07, 6.45) is 14.5. The predicted molar refractivity (Wildman–Crippen MR) is 124 cm³/mol. The van der Waals surface area contributed by atoms with Crippen LogP contribution in [0.4, 0.5) is 4.79 Å². The Bertz CT molecular complexity index is 937. The summed E-state index contributed by atoms with van der Waals surface area (Å²) in [7, 11) is 0. The van der Waals surface area contributed by atoms with Crippen molar-refractivity contribution in [2.45, 2.75) is 57.8 Å². The number of imide groups is 1. The van der Waals surface area contributed by atoms with E-state index in [0.717, 1.165) is 29.9 Å². The monoisotopic (exact) mass is 435 g/mol. The molecule has 0 atom stereocenters. The number of nitrogens with one attached hydrogen (secondary N) is 1. The van der Waals surface area contributed by atoms with Crippen LogP contribution in [-0.2, 0) is 17.6 Å². The standard InChI is InChI=1S/C25H29N3O2S/c29-24-22(31-25(30)28-24)17-21-14-15-26-23(27-21)16-20-12-10-19(11-13-20)9-5-4-8-18-6-2-1-3-7-18/h1-3,6-7,14-15,17,19-20H,4-5,8-13,16H2,(H,28,29,30)/b22-17-. The number of aryl methyl sites for hydroxylation is 1. The number of thioether (sulfide) groups is 1. The molecule has 1 N–H and O–H groups in total. The number of rotatable bonds is 8. The molecule has 162 valence electrons. The number of unbranched alkanes of at least 4 members (excludes halogenated alkanes) is 1. The summed E-state index contributed by atoms with van der Waals surface area (Å²) < 4.78 is 0. The van der Waals surface area contributed by atoms with E-state index in [4.69, 9.17) is 0 Å². The van der Waals surface area contributed by atoms with E-state index in [1.54, 1.807) is 18.3 Å². The molecule has 2 amide bonds. The fourth-order valence-electron chi connectivity index (χ4n) is 4.54. The van der Waals surface area contributed by atoms with Crippen LogP contribution in [0.1, 0.15) is 62.0 Å². The summed E-state index contributed by atoms with van der Waals surface area (Å²) in [5.74, 6) is 1.97. The van der Waals surface area contributed by atoms with Gasteiger partial charge in [-0.25, -0.2) is 9.97 Å². The van der Waals surface area contributed by atoms with Crippen molar-refractivity contribution in [1.29, 1.82) is 0 Å². The lowest BCUT2D eigenvalue weighted by Crippen LogP contribution is -2.18. The number of hydrogen-bond donors (Lipinski definition) is 1. The maximum Gasteiger partial charge on any atom is 0.290 e. The van der Waals surface area contributed by atoms with Crippen molar-refractivity contribution in [2.24, 2.45) is 11.8 Å². The van der Waals surface area contributed by atoms with E-state index >= 15 is 0 Å². The zero-order chi connectivity index (χ0) is 21.5. The Morgan fingerprint density at radius 1 is 1.00 bits per heavy atom. The van der Waals surface area contributed by atoms with Gasteiger partial charge in [-0.2, -0.15) is 0 Å². The minimum Gasteiger partial charge on any atom is -0.282 e. The minimum atomic E-state index is -0.350. The van der Waals surface area contributed by atoms with Gasteiger partial charge in [0.2, 0.25) is 0 Å². The second-order valence-electron chi connectivity index (χ2n) is 8.57. The molecule has 0 unspecified atom stereocenters. The maximum absolute atomic E-state index is 11.7. The van der Waals surface area contributed by atoms with Crippen LogP contribution in [-0.4, -0.2) is 21.1 Å². The van der Waals surface area contributed by atoms with E-state index in [-0.39, 0.29) is 11.1 Å². The Labute approximate surface area is 188 Å². The quantitative estimate of drug-likeness (QED) is 0.434. The highest BCUT2D eigenvalue weighted by Crippen LogP contribution is 2.33. The van der Waals surface area contributed by atoms with E-state index in [2.05, 4.69) is 45.6 Å². The van der Waals surface area contributed by atoms with Gasteiger partial charge in [-0.3, -0.25) is 14.9 Å². The fraction of sp³-hybridized carbons (Fsp3) is 0.440. The second-order valence-corrected chi connectivity index (χ2v) is 9.59. The molecular formula is C25H29N3O2S. The van der Waals surface area contributed by atoms with Crippen LogP contribution in [0.25, 0.3) is 6.08 Å². The van der Waals surface area contributed by atoms with Crippen LogP contribution < -0.4 is 5.32 Å².